The van der Waals surface area contributed by atoms with E-state index in [9.17, 15) is 14.0 Å². The maximum Gasteiger partial charge on any atom is 0.242 e. The van der Waals surface area contributed by atoms with E-state index in [1.54, 1.807) is 43.3 Å². The van der Waals surface area contributed by atoms with Crippen molar-refractivity contribution < 1.29 is 14.0 Å². The molecule has 2 aromatic carbocycles. The summed E-state index contributed by atoms with van der Waals surface area (Å²) in [4.78, 5) is 26.4. The number of amides is 2. The fourth-order valence-electron chi connectivity index (χ4n) is 2.59. The minimum atomic E-state index is -0.709. The average Bonchev–Trinajstić information content (AvgIpc) is 2.68. The molecule has 8 heteroatoms. The lowest BCUT2D eigenvalue weighted by atomic mass is 10.1. The van der Waals surface area contributed by atoms with E-state index >= 15 is 0 Å². The van der Waals surface area contributed by atoms with Crippen molar-refractivity contribution in [3.8, 4) is 0 Å². The number of halogens is 3. The highest BCUT2D eigenvalue weighted by molar-refractivity contribution is 7.99. The summed E-state index contributed by atoms with van der Waals surface area (Å²) in [6, 6.07) is 10.8. The van der Waals surface area contributed by atoms with Gasteiger partial charge in [-0.1, -0.05) is 47.5 Å². The smallest absolute Gasteiger partial charge is 0.242 e. The molecule has 1 N–H and O–H groups in total. The van der Waals surface area contributed by atoms with Crippen molar-refractivity contribution >= 4 is 46.8 Å². The van der Waals surface area contributed by atoms with Crippen LogP contribution in [-0.2, 0) is 21.9 Å². The number of hydrogen-bond donors (Lipinski definition) is 1. The van der Waals surface area contributed by atoms with Gasteiger partial charge in [-0.05, 0) is 30.7 Å². The van der Waals surface area contributed by atoms with E-state index in [2.05, 4.69) is 5.32 Å². The van der Waals surface area contributed by atoms with Crippen molar-refractivity contribution in [2.45, 2.75) is 25.3 Å². The van der Waals surface area contributed by atoms with Gasteiger partial charge in [0.1, 0.15) is 11.9 Å². The Morgan fingerprint density at radius 1 is 1.14 bits per heavy atom. The lowest BCUT2D eigenvalue weighted by Crippen LogP contribution is -2.47. The Bertz CT molecular complexity index is 830. The number of carbonyl (C=O) groups excluding carboxylic acids is 2. The third-order valence-electron chi connectivity index (χ3n) is 4.24. The number of benzene rings is 2. The largest absolute Gasteiger partial charge is 0.357 e. The summed E-state index contributed by atoms with van der Waals surface area (Å²) in [5.74, 6) is -0.407. The molecule has 2 amide bonds. The third kappa shape index (κ3) is 5.87. The minimum absolute atomic E-state index is 0.0950. The SMILES string of the molecule is CNC(=O)[C@@H](C)N(Cc1c(Cl)cccc1Cl)C(=O)CSCc1ccccc1F. The molecule has 0 saturated heterocycles. The summed E-state index contributed by atoms with van der Waals surface area (Å²) in [7, 11) is 1.51. The number of nitrogens with one attached hydrogen (secondary N) is 1. The second-order valence-electron chi connectivity index (χ2n) is 6.10. The molecule has 2 rings (SSSR count). The lowest BCUT2D eigenvalue weighted by molar-refractivity contribution is -0.138. The van der Waals surface area contributed by atoms with Crippen LogP contribution in [0.2, 0.25) is 10.0 Å². The molecule has 4 nitrogen and oxygen atoms in total. The first-order valence-electron chi connectivity index (χ1n) is 8.60. The van der Waals surface area contributed by atoms with Crippen molar-refractivity contribution in [2.24, 2.45) is 0 Å². The van der Waals surface area contributed by atoms with Crippen molar-refractivity contribution in [1.82, 2.24) is 10.2 Å². The zero-order chi connectivity index (χ0) is 20.7. The number of hydrogen-bond acceptors (Lipinski definition) is 3. The summed E-state index contributed by atoms with van der Waals surface area (Å²) in [5.41, 5.74) is 1.11. The summed E-state index contributed by atoms with van der Waals surface area (Å²) in [5, 5.41) is 3.40. The number of nitrogens with zero attached hydrogens (tertiary/aromatic N) is 1. The molecule has 0 saturated carbocycles. The predicted octanol–water partition coefficient (Wildman–Crippen LogP) is 4.53. The van der Waals surface area contributed by atoms with Crippen LogP contribution in [0.5, 0.6) is 0 Å². The molecule has 0 bridgehead atoms. The molecule has 0 aliphatic carbocycles. The fraction of sp³-hybridized carbons (Fsp3) is 0.300. The van der Waals surface area contributed by atoms with Crippen LogP contribution < -0.4 is 5.32 Å². The van der Waals surface area contributed by atoms with E-state index in [0.29, 0.717) is 26.9 Å². The molecule has 0 spiro atoms. The van der Waals surface area contributed by atoms with E-state index in [4.69, 9.17) is 23.2 Å². The highest BCUT2D eigenvalue weighted by Gasteiger charge is 2.26. The molecule has 0 radical (unpaired) electrons. The maximum absolute atomic E-state index is 13.7. The van der Waals surface area contributed by atoms with Gasteiger partial charge >= 0.3 is 0 Å². The molecule has 2 aromatic rings. The van der Waals surface area contributed by atoms with E-state index in [0.717, 1.165) is 0 Å². The van der Waals surface area contributed by atoms with Crippen LogP contribution in [0.25, 0.3) is 0 Å². The van der Waals surface area contributed by atoms with Crippen molar-refractivity contribution in [1.29, 1.82) is 0 Å². The van der Waals surface area contributed by atoms with Gasteiger partial charge < -0.3 is 10.2 Å². The summed E-state index contributed by atoms with van der Waals surface area (Å²) >= 11 is 13.7. The quantitative estimate of drug-likeness (QED) is 0.653. The second-order valence-corrected chi connectivity index (χ2v) is 7.90. The van der Waals surface area contributed by atoms with Gasteiger partial charge in [0.15, 0.2) is 0 Å². The van der Waals surface area contributed by atoms with Crippen LogP contribution in [0.4, 0.5) is 4.39 Å². The highest BCUT2D eigenvalue weighted by atomic mass is 35.5. The first-order chi connectivity index (χ1) is 13.3. The Labute approximate surface area is 178 Å². The Hall–Kier alpha value is -1.76. The van der Waals surface area contributed by atoms with Gasteiger partial charge in [0.25, 0.3) is 0 Å². The topological polar surface area (TPSA) is 49.4 Å². The monoisotopic (exact) mass is 442 g/mol. The number of rotatable bonds is 8. The fourth-order valence-corrected chi connectivity index (χ4v) is 4.01. The van der Waals surface area contributed by atoms with Gasteiger partial charge in [-0.15, -0.1) is 11.8 Å². The lowest BCUT2D eigenvalue weighted by Gasteiger charge is -2.29. The van der Waals surface area contributed by atoms with Gasteiger partial charge in [-0.2, -0.15) is 0 Å². The molecule has 28 heavy (non-hydrogen) atoms. The first-order valence-corrected chi connectivity index (χ1v) is 10.5. The van der Waals surface area contributed by atoms with E-state index < -0.39 is 6.04 Å². The van der Waals surface area contributed by atoms with Crippen LogP contribution >= 0.6 is 35.0 Å². The van der Waals surface area contributed by atoms with Crippen molar-refractivity contribution in [3.05, 3.63) is 69.5 Å². The van der Waals surface area contributed by atoms with Crippen LogP contribution in [0.1, 0.15) is 18.1 Å². The molecule has 0 aliphatic heterocycles. The summed E-state index contributed by atoms with van der Waals surface area (Å²) in [6.45, 7) is 1.75. The second kappa shape index (κ2) is 10.7. The predicted molar refractivity (Wildman–Crippen MR) is 113 cm³/mol. The van der Waals surface area contributed by atoms with Gasteiger partial charge in [-0.25, -0.2) is 4.39 Å². The van der Waals surface area contributed by atoms with Gasteiger partial charge in [0, 0.05) is 35.0 Å². The molecular weight excluding hydrogens is 422 g/mol. The van der Waals surface area contributed by atoms with Gasteiger partial charge in [0.2, 0.25) is 11.8 Å². The molecule has 0 aliphatic rings. The normalized spacial score (nSPS) is 11.8. The highest BCUT2D eigenvalue weighted by Crippen LogP contribution is 2.27. The Morgan fingerprint density at radius 3 is 2.39 bits per heavy atom. The Balaban J connectivity index is 2.13. The molecule has 0 unspecified atom stereocenters. The number of carbonyl (C=O) groups is 2. The average molecular weight is 443 g/mol. The zero-order valence-electron chi connectivity index (χ0n) is 15.5. The molecule has 1 atom stereocenters. The Kier molecular flexibility index (Phi) is 8.60. The summed E-state index contributed by atoms with van der Waals surface area (Å²) < 4.78 is 13.7. The molecule has 0 heterocycles. The van der Waals surface area contributed by atoms with Crippen molar-refractivity contribution in [3.63, 3.8) is 0 Å². The maximum atomic E-state index is 13.7. The van der Waals surface area contributed by atoms with E-state index in [1.165, 1.54) is 29.8 Å². The van der Waals surface area contributed by atoms with Crippen LogP contribution in [-0.4, -0.2) is 35.6 Å². The standard InChI is InChI=1S/C20H21Cl2FN2O2S/c1-13(20(27)24-2)25(10-15-16(21)7-5-8-17(15)22)19(26)12-28-11-14-6-3-4-9-18(14)23/h3-9,13H,10-12H2,1-2H3,(H,24,27)/t13-/m1/s1. The Morgan fingerprint density at radius 2 is 1.79 bits per heavy atom. The number of likely N-dealkylation sites (N-methyl/N-ethyl adjacent to an activating group) is 1. The number of thioether (sulfide) groups is 1. The summed E-state index contributed by atoms with van der Waals surface area (Å²) in [6.07, 6.45) is 0. The van der Waals surface area contributed by atoms with E-state index in [-0.39, 0.29) is 29.9 Å². The molecule has 0 aromatic heterocycles. The minimum Gasteiger partial charge on any atom is -0.357 e. The molecular formula is C20H21Cl2FN2O2S. The zero-order valence-corrected chi connectivity index (χ0v) is 17.9. The van der Waals surface area contributed by atoms with Crippen LogP contribution in [0.3, 0.4) is 0 Å². The van der Waals surface area contributed by atoms with Gasteiger partial charge in [-0.3, -0.25) is 9.59 Å². The third-order valence-corrected chi connectivity index (χ3v) is 5.92. The first kappa shape index (κ1) is 22.5. The van der Waals surface area contributed by atoms with E-state index in [1.807, 2.05) is 0 Å². The van der Waals surface area contributed by atoms with Crippen LogP contribution in [0, 0.1) is 5.82 Å². The van der Waals surface area contributed by atoms with Crippen LogP contribution in [0.15, 0.2) is 42.5 Å². The molecule has 150 valence electrons. The van der Waals surface area contributed by atoms with Gasteiger partial charge in [0.05, 0.1) is 5.75 Å². The molecule has 0 fully saturated rings. The van der Waals surface area contributed by atoms with Crippen molar-refractivity contribution in [2.75, 3.05) is 12.8 Å².